The molecule has 2 aromatic rings. The second kappa shape index (κ2) is 7.66. The standard InChI is InChI=1S/C21H22N4O5/c1-11-9-16(12(2)30-11)19(27)24-23-17(26)10-22-20(28)18-14-5-3-4-6-15(14)21(29)25(18)13-7-8-13/h3-6,9,13,18H,7-8,10H2,1-2H3,(H,22,28)(H,23,26)(H,24,27). The van der Waals surface area contributed by atoms with E-state index >= 15 is 0 Å². The van der Waals surface area contributed by atoms with E-state index in [1.807, 2.05) is 0 Å². The van der Waals surface area contributed by atoms with Gasteiger partial charge in [0.25, 0.3) is 17.7 Å². The van der Waals surface area contributed by atoms with Crippen molar-refractivity contribution < 1.29 is 23.6 Å². The summed E-state index contributed by atoms with van der Waals surface area (Å²) in [4.78, 5) is 51.3. The number of amides is 4. The third-order valence-electron chi connectivity index (χ3n) is 5.21. The Morgan fingerprint density at radius 3 is 2.53 bits per heavy atom. The Morgan fingerprint density at radius 1 is 1.13 bits per heavy atom. The molecule has 1 aliphatic heterocycles. The third kappa shape index (κ3) is 3.66. The lowest BCUT2D eigenvalue weighted by Crippen LogP contribution is -2.48. The van der Waals surface area contributed by atoms with Crippen molar-refractivity contribution >= 4 is 23.6 Å². The summed E-state index contributed by atoms with van der Waals surface area (Å²) in [6, 6.07) is 7.89. The van der Waals surface area contributed by atoms with Gasteiger partial charge in [0.15, 0.2) is 0 Å². The second-order valence-electron chi connectivity index (χ2n) is 7.48. The first-order valence-corrected chi connectivity index (χ1v) is 9.72. The first kappa shape index (κ1) is 19.7. The van der Waals surface area contributed by atoms with E-state index in [9.17, 15) is 19.2 Å². The highest BCUT2D eigenvalue weighted by Gasteiger charge is 2.47. The first-order valence-electron chi connectivity index (χ1n) is 9.72. The predicted molar refractivity (Wildman–Crippen MR) is 105 cm³/mol. The summed E-state index contributed by atoms with van der Waals surface area (Å²) in [5, 5.41) is 2.56. The third-order valence-corrected chi connectivity index (χ3v) is 5.21. The van der Waals surface area contributed by atoms with Crippen LogP contribution in [0.5, 0.6) is 0 Å². The Kier molecular flexibility index (Phi) is 5.03. The zero-order chi connectivity index (χ0) is 21.4. The van der Waals surface area contributed by atoms with Crippen molar-refractivity contribution in [2.45, 2.75) is 38.8 Å². The molecule has 0 radical (unpaired) electrons. The summed E-state index contributed by atoms with van der Waals surface area (Å²) in [5.74, 6) is -0.664. The number of nitrogens with one attached hydrogen (secondary N) is 3. The Morgan fingerprint density at radius 2 is 1.87 bits per heavy atom. The van der Waals surface area contributed by atoms with Gasteiger partial charge in [-0.15, -0.1) is 0 Å². The molecule has 9 heteroatoms. The van der Waals surface area contributed by atoms with Crippen LogP contribution >= 0.6 is 0 Å². The fourth-order valence-corrected chi connectivity index (χ4v) is 3.69. The maximum Gasteiger partial charge on any atom is 0.273 e. The van der Waals surface area contributed by atoms with Crippen molar-refractivity contribution in [3.63, 3.8) is 0 Å². The molecular weight excluding hydrogens is 388 g/mol. The number of aryl methyl sites for hydroxylation is 2. The number of carbonyl (C=O) groups is 4. The van der Waals surface area contributed by atoms with Crippen molar-refractivity contribution in [2.24, 2.45) is 0 Å². The Bertz CT molecular complexity index is 1040. The van der Waals surface area contributed by atoms with Gasteiger partial charge < -0.3 is 14.6 Å². The normalized spacial score (nSPS) is 17.5. The number of carbonyl (C=O) groups excluding carboxylic acids is 4. The topological polar surface area (TPSA) is 121 Å². The summed E-state index contributed by atoms with van der Waals surface area (Å²) >= 11 is 0. The first-order chi connectivity index (χ1) is 14.4. The number of hydrogen-bond acceptors (Lipinski definition) is 5. The summed E-state index contributed by atoms with van der Waals surface area (Å²) in [7, 11) is 0. The highest BCUT2D eigenvalue weighted by molar-refractivity contribution is 6.05. The van der Waals surface area contributed by atoms with Gasteiger partial charge in [0.2, 0.25) is 5.91 Å². The van der Waals surface area contributed by atoms with Gasteiger partial charge in [0.05, 0.1) is 12.1 Å². The van der Waals surface area contributed by atoms with Crippen LogP contribution in [0, 0.1) is 13.8 Å². The lowest BCUT2D eigenvalue weighted by Gasteiger charge is -2.24. The molecule has 4 rings (SSSR count). The number of benzene rings is 1. The van der Waals surface area contributed by atoms with E-state index < -0.39 is 23.8 Å². The predicted octanol–water partition coefficient (Wildman–Crippen LogP) is 1.13. The Hall–Kier alpha value is -3.62. The van der Waals surface area contributed by atoms with Crippen molar-refractivity contribution in [3.8, 4) is 0 Å². The van der Waals surface area contributed by atoms with Gasteiger partial charge >= 0.3 is 0 Å². The molecule has 156 valence electrons. The molecule has 0 spiro atoms. The number of furan rings is 1. The van der Waals surface area contributed by atoms with Gasteiger partial charge in [-0.1, -0.05) is 18.2 Å². The number of fused-ring (bicyclic) bond motifs is 1. The number of rotatable bonds is 5. The molecule has 2 aliphatic rings. The quantitative estimate of drug-likeness (QED) is 0.638. The Balaban J connectivity index is 1.35. The molecule has 1 unspecified atom stereocenters. The van der Waals surface area contributed by atoms with Crippen LogP contribution in [0.4, 0.5) is 0 Å². The monoisotopic (exact) mass is 410 g/mol. The van der Waals surface area contributed by atoms with Gasteiger partial charge in [0, 0.05) is 11.6 Å². The summed E-state index contributed by atoms with van der Waals surface area (Å²) in [6.07, 6.45) is 1.73. The van der Waals surface area contributed by atoms with Crippen LogP contribution in [0.15, 0.2) is 34.7 Å². The minimum absolute atomic E-state index is 0.0513. The molecule has 3 N–H and O–H groups in total. The zero-order valence-electron chi connectivity index (χ0n) is 16.7. The van der Waals surface area contributed by atoms with Crippen LogP contribution in [-0.4, -0.2) is 41.1 Å². The van der Waals surface area contributed by atoms with E-state index in [-0.39, 0.29) is 18.5 Å². The highest BCUT2D eigenvalue weighted by atomic mass is 16.3. The number of hydrazine groups is 1. The van der Waals surface area contributed by atoms with Crippen LogP contribution in [-0.2, 0) is 9.59 Å². The maximum absolute atomic E-state index is 12.8. The lowest BCUT2D eigenvalue weighted by molar-refractivity contribution is -0.129. The number of nitrogens with zero attached hydrogens (tertiary/aromatic N) is 1. The molecule has 1 aromatic carbocycles. The lowest BCUT2D eigenvalue weighted by atomic mass is 10.0. The fraction of sp³-hybridized carbons (Fsp3) is 0.333. The van der Waals surface area contributed by atoms with Crippen molar-refractivity contribution in [1.29, 1.82) is 0 Å². The minimum atomic E-state index is -0.750. The summed E-state index contributed by atoms with van der Waals surface area (Å²) in [5.41, 5.74) is 6.04. The van der Waals surface area contributed by atoms with E-state index in [1.165, 1.54) is 0 Å². The summed E-state index contributed by atoms with van der Waals surface area (Å²) < 4.78 is 5.29. The number of hydrogen-bond donors (Lipinski definition) is 3. The fourth-order valence-electron chi connectivity index (χ4n) is 3.69. The molecule has 1 saturated carbocycles. The molecule has 9 nitrogen and oxygen atoms in total. The van der Waals surface area contributed by atoms with Crippen LogP contribution in [0.1, 0.15) is 56.7 Å². The molecule has 0 bridgehead atoms. The van der Waals surface area contributed by atoms with Crippen LogP contribution in [0.25, 0.3) is 0 Å². The van der Waals surface area contributed by atoms with E-state index in [4.69, 9.17) is 4.42 Å². The average molecular weight is 410 g/mol. The van der Waals surface area contributed by atoms with Gasteiger partial charge in [-0.2, -0.15) is 0 Å². The molecule has 1 aromatic heterocycles. The highest BCUT2D eigenvalue weighted by Crippen LogP contribution is 2.41. The van der Waals surface area contributed by atoms with Crippen LogP contribution < -0.4 is 16.2 Å². The smallest absolute Gasteiger partial charge is 0.273 e. The molecule has 0 saturated heterocycles. The van der Waals surface area contributed by atoms with Gasteiger partial charge in [-0.05, 0) is 44.4 Å². The molecule has 1 aliphatic carbocycles. The van der Waals surface area contributed by atoms with Gasteiger partial charge in [-0.3, -0.25) is 30.0 Å². The average Bonchev–Trinajstić information content (AvgIpc) is 3.44. The zero-order valence-corrected chi connectivity index (χ0v) is 16.7. The van der Waals surface area contributed by atoms with Crippen molar-refractivity contribution in [3.05, 3.63) is 58.5 Å². The maximum atomic E-state index is 12.8. The largest absolute Gasteiger partial charge is 0.466 e. The van der Waals surface area contributed by atoms with E-state index in [2.05, 4.69) is 16.2 Å². The molecule has 30 heavy (non-hydrogen) atoms. The Labute approximate surface area is 172 Å². The second-order valence-corrected chi connectivity index (χ2v) is 7.48. The van der Waals surface area contributed by atoms with Gasteiger partial charge in [-0.25, -0.2) is 0 Å². The van der Waals surface area contributed by atoms with E-state index in [0.29, 0.717) is 28.2 Å². The molecule has 4 amide bonds. The molecular formula is C21H22N4O5. The van der Waals surface area contributed by atoms with Crippen LogP contribution in [0.3, 0.4) is 0 Å². The molecule has 2 heterocycles. The van der Waals surface area contributed by atoms with Gasteiger partial charge in [0.1, 0.15) is 17.6 Å². The SMILES string of the molecule is Cc1cc(C(=O)NNC(=O)CNC(=O)C2c3ccccc3C(=O)N2C2CC2)c(C)o1. The molecule has 1 atom stereocenters. The van der Waals surface area contributed by atoms with Crippen molar-refractivity contribution in [1.82, 2.24) is 21.1 Å². The van der Waals surface area contributed by atoms with Crippen molar-refractivity contribution in [2.75, 3.05) is 6.54 Å². The van der Waals surface area contributed by atoms with E-state index in [1.54, 1.807) is 49.1 Å². The minimum Gasteiger partial charge on any atom is -0.466 e. The summed E-state index contributed by atoms with van der Waals surface area (Å²) in [6.45, 7) is 3.03. The van der Waals surface area contributed by atoms with E-state index in [0.717, 1.165) is 12.8 Å². The van der Waals surface area contributed by atoms with Crippen LogP contribution in [0.2, 0.25) is 0 Å². The molecule has 1 fully saturated rings.